The van der Waals surface area contributed by atoms with Crippen LogP contribution in [0.1, 0.15) is 25.8 Å². The highest BCUT2D eigenvalue weighted by Gasteiger charge is 2.24. The number of piperidine rings is 1. The highest BCUT2D eigenvalue weighted by Crippen LogP contribution is 2.30. The summed E-state index contributed by atoms with van der Waals surface area (Å²) in [5.74, 6) is 1.61. The molecule has 1 aliphatic heterocycles. The molecule has 3 heteroatoms. The normalized spacial score (nSPS) is 25.1. The van der Waals surface area contributed by atoms with E-state index < -0.39 is 0 Å². The van der Waals surface area contributed by atoms with Gasteiger partial charge >= 0.3 is 0 Å². The lowest BCUT2D eigenvalue weighted by Crippen LogP contribution is -2.38. The quantitative estimate of drug-likeness (QED) is 0.721. The highest BCUT2D eigenvalue weighted by molar-refractivity contribution is 6.17. The summed E-state index contributed by atoms with van der Waals surface area (Å²) < 4.78 is 13.2. The Kier molecular flexibility index (Phi) is 3.93. The Morgan fingerprint density at radius 3 is 2.76 bits per heavy atom. The van der Waals surface area contributed by atoms with Crippen LogP contribution in [-0.2, 0) is 5.88 Å². The molecule has 1 fully saturated rings. The molecule has 1 saturated heterocycles. The van der Waals surface area contributed by atoms with Crippen molar-refractivity contribution in [1.29, 1.82) is 0 Å². The van der Waals surface area contributed by atoms with E-state index in [1.54, 1.807) is 6.07 Å². The first-order valence-electron chi connectivity index (χ1n) is 6.21. The van der Waals surface area contributed by atoms with Crippen LogP contribution in [0.5, 0.6) is 0 Å². The average Bonchev–Trinajstić information content (AvgIpc) is 2.32. The molecule has 0 spiro atoms. The molecular weight excluding hydrogens is 237 g/mol. The fraction of sp³-hybridized carbons (Fsp3) is 0.571. The lowest BCUT2D eigenvalue weighted by atomic mass is 9.88. The summed E-state index contributed by atoms with van der Waals surface area (Å²) in [4.78, 5) is 2.34. The van der Waals surface area contributed by atoms with Crippen LogP contribution in [0, 0.1) is 17.7 Å². The van der Waals surface area contributed by atoms with Crippen molar-refractivity contribution < 1.29 is 4.39 Å². The zero-order valence-corrected chi connectivity index (χ0v) is 11.2. The number of halogens is 2. The maximum atomic E-state index is 13.2. The minimum absolute atomic E-state index is 0.206. The van der Waals surface area contributed by atoms with E-state index in [9.17, 15) is 4.39 Å². The van der Waals surface area contributed by atoms with Gasteiger partial charge in [-0.3, -0.25) is 0 Å². The Hall–Kier alpha value is -0.760. The van der Waals surface area contributed by atoms with Gasteiger partial charge in [0.05, 0.1) is 0 Å². The molecule has 0 N–H and O–H groups in total. The Balaban J connectivity index is 2.22. The van der Waals surface area contributed by atoms with Crippen LogP contribution in [-0.4, -0.2) is 13.1 Å². The van der Waals surface area contributed by atoms with Gasteiger partial charge < -0.3 is 4.90 Å². The zero-order chi connectivity index (χ0) is 12.4. The highest BCUT2D eigenvalue weighted by atomic mass is 35.5. The molecule has 2 rings (SSSR count). The van der Waals surface area contributed by atoms with Crippen molar-refractivity contribution in [2.45, 2.75) is 26.1 Å². The molecule has 17 heavy (non-hydrogen) atoms. The maximum Gasteiger partial charge on any atom is 0.123 e. The number of hydrogen-bond donors (Lipinski definition) is 0. The molecule has 0 radical (unpaired) electrons. The molecule has 0 saturated carbocycles. The second-order valence-electron chi connectivity index (χ2n) is 5.10. The van der Waals surface area contributed by atoms with Crippen LogP contribution in [0.3, 0.4) is 0 Å². The van der Waals surface area contributed by atoms with Crippen LogP contribution in [0.25, 0.3) is 0 Å². The lowest BCUT2D eigenvalue weighted by Gasteiger charge is -2.37. The van der Waals surface area contributed by atoms with E-state index in [-0.39, 0.29) is 5.82 Å². The number of alkyl halides is 1. The van der Waals surface area contributed by atoms with Gasteiger partial charge in [0.2, 0.25) is 0 Å². The Morgan fingerprint density at radius 2 is 2.12 bits per heavy atom. The summed E-state index contributed by atoms with van der Waals surface area (Å²) >= 11 is 5.89. The van der Waals surface area contributed by atoms with E-state index in [1.807, 2.05) is 6.07 Å². The number of rotatable bonds is 2. The molecule has 2 atom stereocenters. The van der Waals surface area contributed by atoms with Gasteiger partial charge in [0.1, 0.15) is 5.82 Å². The summed E-state index contributed by atoms with van der Waals surface area (Å²) in [5.41, 5.74) is 1.99. The van der Waals surface area contributed by atoms with E-state index >= 15 is 0 Å². The molecule has 1 aromatic rings. The zero-order valence-electron chi connectivity index (χ0n) is 10.4. The van der Waals surface area contributed by atoms with Crippen molar-refractivity contribution in [3.63, 3.8) is 0 Å². The van der Waals surface area contributed by atoms with Gasteiger partial charge in [0.25, 0.3) is 0 Å². The molecule has 1 aromatic carbocycles. The van der Waals surface area contributed by atoms with Gasteiger partial charge in [-0.05, 0) is 42.0 Å². The molecule has 0 aliphatic carbocycles. The molecular formula is C14H19ClFN. The fourth-order valence-electron chi connectivity index (χ4n) is 2.45. The van der Waals surface area contributed by atoms with Gasteiger partial charge in [-0.25, -0.2) is 4.39 Å². The van der Waals surface area contributed by atoms with Crippen LogP contribution in [0.15, 0.2) is 18.2 Å². The first-order valence-corrected chi connectivity index (χ1v) is 6.74. The van der Waals surface area contributed by atoms with Crippen LogP contribution in [0.4, 0.5) is 10.1 Å². The molecule has 94 valence electrons. The number of nitrogens with zero attached hydrogens (tertiary/aromatic N) is 1. The summed E-state index contributed by atoms with van der Waals surface area (Å²) in [6, 6.07) is 4.93. The predicted molar refractivity (Wildman–Crippen MR) is 71.1 cm³/mol. The minimum atomic E-state index is -0.206. The molecule has 0 amide bonds. The first kappa shape index (κ1) is 12.7. The number of anilines is 1. The van der Waals surface area contributed by atoms with E-state index in [0.717, 1.165) is 30.3 Å². The van der Waals surface area contributed by atoms with Crippen molar-refractivity contribution in [1.82, 2.24) is 0 Å². The molecule has 1 aliphatic rings. The number of hydrogen-bond acceptors (Lipinski definition) is 1. The largest absolute Gasteiger partial charge is 0.371 e. The molecule has 0 bridgehead atoms. The second-order valence-corrected chi connectivity index (χ2v) is 5.36. The van der Waals surface area contributed by atoms with Crippen molar-refractivity contribution in [2.24, 2.45) is 11.8 Å². The topological polar surface area (TPSA) is 3.24 Å². The average molecular weight is 256 g/mol. The molecule has 1 nitrogen and oxygen atoms in total. The molecule has 0 aromatic heterocycles. The lowest BCUT2D eigenvalue weighted by molar-refractivity contribution is 0.323. The Bertz CT molecular complexity index is 394. The van der Waals surface area contributed by atoms with Gasteiger partial charge in [0.15, 0.2) is 0 Å². The van der Waals surface area contributed by atoms with Crippen molar-refractivity contribution in [2.75, 3.05) is 18.0 Å². The van der Waals surface area contributed by atoms with Gasteiger partial charge in [0, 0.05) is 24.7 Å². The van der Waals surface area contributed by atoms with Gasteiger partial charge in [-0.15, -0.1) is 11.6 Å². The van der Waals surface area contributed by atoms with E-state index in [1.165, 1.54) is 12.5 Å². The fourth-order valence-corrected chi connectivity index (χ4v) is 2.67. The first-order chi connectivity index (χ1) is 8.11. The summed E-state index contributed by atoms with van der Waals surface area (Å²) in [6.45, 7) is 6.66. The van der Waals surface area contributed by atoms with Crippen LogP contribution >= 0.6 is 11.6 Å². The van der Waals surface area contributed by atoms with E-state index in [4.69, 9.17) is 11.6 Å². The van der Waals surface area contributed by atoms with Gasteiger partial charge in [-0.2, -0.15) is 0 Å². The number of benzene rings is 1. The second kappa shape index (κ2) is 5.26. The third-order valence-electron chi connectivity index (χ3n) is 3.86. The maximum absolute atomic E-state index is 13.2. The summed E-state index contributed by atoms with van der Waals surface area (Å²) in [6.07, 6.45) is 1.19. The molecule has 1 heterocycles. The van der Waals surface area contributed by atoms with Crippen molar-refractivity contribution in [3.8, 4) is 0 Å². The third-order valence-corrected chi connectivity index (χ3v) is 4.15. The summed E-state index contributed by atoms with van der Waals surface area (Å²) in [5, 5.41) is 0. The predicted octanol–water partition coefficient (Wildman–Crippen LogP) is 4.05. The Morgan fingerprint density at radius 1 is 1.35 bits per heavy atom. The van der Waals surface area contributed by atoms with Crippen molar-refractivity contribution >= 4 is 17.3 Å². The third kappa shape index (κ3) is 2.74. The Labute approximate surface area is 108 Å². The monoisotopic (exact) mass is 255 g/mol. The smallest absolute Gasteiger partial charge is 0.123 e. The summed E-state index contributed by atoms with van der Waals surface area (Å²) in [7, 11) is 0. The minimum Gasteiger partial charge on any atom is -0.371 e. The van der Waals surface area contributed by atoms with Crippen LogP contribution in [0.2, 0.25) is 0 Å². The standard InChI is InChI=1S/C14H19ClFN/c1-10-5-6-17(9-11(10)2)14-4-3-13(16)7-12(14)8-15/h3-4,7,10-11H,5-6,8-9H2,1-2H3. The van der Waals surface area contributed by atoms with Crippen molar-refractivity contribution in [3.05, 3.63) is 29.6 Å². The van der Waals surface area contributed by atoms with E-state index in [0.29, 0.717) is 11.8 Å². The SMILES string of the molecule is CC1CCN(c2ccc(F)cc2CCl)CC1C. The van der Waals surface area contributed by atoms with Crippen LogP contribution < -0.4 is 4.90 Å². The molecule has 2 unspecified atom stereocenters. The van der Waals surface area contributed by atoms with Gasteiger partial charge in [-0.1, -0.05) is 13.8 Å². The van der Waals surface area contributed by atoms with E-state index in [2.05, 4.69) is 18.7 Å².